The number of rotatable bonds is 5. The summed E-state index contributed by atoms with van der Waals surface area (Å²) in [7, 11) is 0. The van der Waals surface area contributed by atoms with E-state index in [9.17, 15) is 9.90 Å². The van der Waals surface area contributed by atoms with E-state index < -0.39 is 0 Å². The minimum atomic E-state index is 0.240. The third kappa shape index (κ3) is 4.24. The predicted octanol–water partition coefficient (Wildman–Crippen LogP) is 1.88. The number of hydrogen-bond acceptors (Lipinski definition) is 3. The van der Waals surface area contributed by atoms with Crippen LogP contribution < -0.4 is 5.32 Å². The first-order valence-corrected chi connectivity index (χ1v) is 7.03. The van der Waals surface area contributed by atoms with Crippen molar-refractivity contribution in [3.8, 4) is 5.75 Å². The number of nitrogens with zero attached hydrogens (tertiary/aromatic N) is 1. The minimum Gasteiger partial charge on any atom is -0.508 e. The van der Waals surface area contributed by atoms with E-state index in [0.717, 1.165) is 31.5 Å². The Morgan fingerprint density at radius 3 is 2.68 bits per heavy atom. The number of piperidine rings is 1. The smallest absolute Gasteiger partial charge is 0.223 e. The molecule has 19 heavy (non-hydrogen) atoms. The first-order valence-electron chi connectivity index (χ1n) is 7.03. The van der Waals surface area contributed by atoms with E-state index in [4.69, 9.17) is 0 Å². The molecule has 0 spiro atoms. The van der Waals surface area contributed by atoms with Crippen LogP contribution in [-0.2, 0) is 11.3 Å². The van der Waals surface area contributed by atoms with Crippen LogP contribution in [0, 0.1) is 0 Å². The van der Waals surface area contributed by atoms with Gasteiger partial charge < -0.3 is 15.3 Å². The molecule has 4 heteroatoms. The van der Waals surface area contributed by atoms with Gasteiger partial charge in [0.05, 0.1) is 0 Å². The highest BCUT2D eigenvalue weighted by Gasteiger charge is 2.15. The Hall–Kier alpha value is -1.55. The first kappa shape index (κ1) is 13.9. The molecular weight excluding hydrogens is 240 g/mol. The second-order valence-electron chi connectivity index (χ2n) is 5.00. The number of amides is 1. The van der Waals surface area contributed by atoms with Crippen molar-refractivity contribution >= 4 is 5.91 Å². The van der Waals surface area contributed by atoms with Gasteiger partial charge in [0.15, 0.2) is 0 Å². The summed E-state index contributed by atoms with van der Waals surface area (Å²) in [6.45, 7) is 3.08. The maximum absolute atomic E-state index is 11.9. The number of hydrogen-bond donors (Lipinski definition) is 2. The summed E-state index contributed by atoms with van der Waals surface area (Å²) in [5.74, 6) is 0.543. The number of likely N-dealkylation sites (tertiary alicyclic amines) is 1. The second-order valence-corrected chi connectivity index (χ2v) is 5.00. The van der Waals surface area contributed by atoms with Gasteiger partial charge in [-0.25, -0.2) is 0 Å². The maximum Gasteiger partial charge on any atom is 0.223 e. The van der Waals surface area contributed by atoms with Crippen molar-refractivity contribution in [2.75, 3.05) is 19.6 Å². The summed E-state index contributed by atoms with van der Waals surface area (Å²) in [5.41, 5.74) is 0.868. The molecule has 0 saturated carbocycles. The van der Waals surface area contributed by atoms with Crippen molar-refractivity contribution in [1.82, 2.24) is 10.2 Å². The van der Waals surface area contributed by atoms with Crippen LogP contribution in [0.1, 0.15) is 31.2 Å². The lowest BCUT2D eigenvalue weighted by molar-refractivity contribution is -0.131. The van der Waals surface area contributed by atoms with Crippen molar-refractivity contribution in [2.45, 2.75) is 32.2 Å². The number of benzene rings is 1. The molecule has 1 aliphatic rings. The van der Waals surface area contributed by atoms with Gasteiger partial charge in [-0.2, -0.15) is 0 Å². The van der Waals surface area contributed by atoms with Gasteiger partial charge in [-0.15, -0.1) is 0 Å². The Morgan fingerprint density at radius 1 is 1.21 bits per heavy atom. The zero-order valence-corrected chi connectivity index (χ0v) is 11.3. The highest BCUT2D eigenvalue weighted by atomic mass is 16.3. The van der Waals surface area contributed by atoms with Gasteiger partial charge in [-0.05, 0) is 25.3 Å². The Labute approximate surface area is 114 Å². The largest absolute Gasteiger partial charge is 0.508 e. The number of carbonyl (C=O) groups is 1. The highest BCUT2D eigenvalue weighted by Crippen LogP contribution is 2.14. The molecule has 0 bridgehead atoms. The Kier molecular flexibility index (Phi) is 5.21. The molecular formula is C15H22N2O2. The fourth-order valence-corrected chi connectivity index (χ4v) is 2.38. The van der Waals surface area contributed by atoms with E-state index in [1.165, 1.54) is 6.42 Å². The van der Waals surface area contributed by atoms with E-state index in [-0.39, 0.29) is 5.91 Å². The summed E-state index contributed by atoms with van der Waals surface area (Å²) < 4.78 is 0. The molecule has 1 aromatic rings. The van der Waals surface area contributed by atoms with E-state index >= 15 is 0 Å². The number of para-hydroxylation sites is 1. The topological polar surface area (TPSA) is 52.6 Å². The Balaban J connectivity index is 1.66. The Morgan fingerprint density at radius 2 is 1.95 bits per heavy atom. The van der Waals surface area contributed by atoms with Crippen molar-refractivity contribution in [3.05, 3.63) is 29.8 Å². The standard InChI is InChI=1S/C15H22N2O2/c18-14-7-3-2-6-13(14)12-16-9-8-15(19)17-10-4-1-5-11-17/h2-3,6-7,16,18H,1,4-5,8-12H2. The van der Waals surface area contributed by atoms with Gasteiger partial charge in [0, 0.05) is 38.2 Å². The molecule has 0 unspecified atom stereocenters. The molecule has 0 aliphatic carbocycles. The SMILES string of the molecule is O=C(CCNCc1ccccc1O)N1CCCCC1. The van der Waals surface area contributed by atoms with Crippen molar-refractivity contribution < 1.29 is 9.90 Å². The first-order chi connectivity index (χ1) is 9.27. The summed E-state index contributed by atoms with van der Waals surface area (Å²) in [6.07, 6.45) is 4.05. The molecule has 2 N–H and O–H groups in total. The molecule has 0 aromatic heterocycles. The zero-order chi connectivity index (χ0) is 13.5. The van der Waals surface area contributed by atoms with E-state index in [0.29, 0.717) is 25.3 Å². The number of phenols is 1. The maximum atomic E-state index is 11.9. The summed E-state index contributed by atoms with van der Waals surface area (Å²) in [4.78, 5) is 13.9. The summed E-state index contributed by atoms with van der Waals surface area (Å²) in [6, 6.07) is 7.26. The van der Waals surface area contributed by atoms with Crippen molar-refractivity contribution in [3.63, 3.8) is 0 Å². The zero-order valence-electron chi connectivity index (χ0n) is 11.3. The van der Waals surface area contributed by atoms with Gasteiger partial charge in [0.2, 0.25) is 5.91 Å². The number of carbonyl (C=O) groups excluding carboxylic acids is 1. The van der Waals surface area contributed by atoms with E-state index in [1.54, 1.807) is 12.1 Å². The van der Waals surface area contributed by atoms with Gasteiger partial charge in [-0.3, -0.25) is 4.79 Å². The molecule has 104 valence electrons. The number of nitrogens with one attached hydrogen (secondary N) is 1. The lowest BCUT2D eigenvalue weighted by Crippen LogP contribution is -2.37. The van der Waals surface area contributed by atoms with Crippen LogP contribution in [0.5, 0.6) is 5.75 Å². The third-order valence-corrected chi connectivity index (χ3v) is 3.53. The fraction of sp³-hybridized carbons (Fsp3) is 0.533. The molecule has 1 aromatic carbocycles. The van der Waals surface area contributed by atoms with E-state index in [1.807, 2.05) is 17.0 Å². The van der Waals surface area contributed by atoms with Crippen LogP contribution in [0.2, 0.25) is 0 Å². The van der Waals surface area contributed by atoms with Gasteiger partial charge in [0.1, 0.15) is 5.75 Å². The quantitative estimate of drug-likeness (QED) is 0.797. The summed E-state index contributed by atoms with van der Waals surface area (Å²) in [5, 5.41) is 12.8. The Bertz CT molecular complexity index is 414. The predicted molar refractivity (Wildman–Crippen MR) is 74.9 cm³/mol. The molecule has 1 fully saturated rings. The lowest BCUT2D eigenvalue weighted by atomic mass is 10.1. The monoisotopic (exact) mass is 262 g/mol. The summed E-state index contributed by atoms with van der Waals surface area (Å²) >= 11 is 0. The molecule has 0 radical (unpaired) electrons. The molecule has 4 nitrogen and oxygen atoms in total. The highest BCUT2D eigenvalue weighted by molar-refractivity contribution is 5.76. The van der Waals surface area contributed by atoms with Crippen LogP contribution in [0.4, 0.5) is 0 Å². The molecule has 0 atom stereocenters. The van der Waals surface area contributed by atoms with Crippen molar-refractivity contribution in [2.24, 2.45) is 0 Å². The second kappa shape index (κ2) is 7.14. The minimum absolute atomic E-state index is 0.240. The molecule has 1 saturated heterocycles. The van der Waals surface area contributed by atoms with Crippen LogP contribution in [0.3, 0.4) is 0 Å². The number of phenolic OH excluding ortho intramolecular Hbond substituents is 1. The molecule has 1 aliphatic heterocycles. The molecule has 1 amide bonds. The fourth-order valence-electron chi connectivity index (χ4n) is 2.38. The van der Waals surface area contributed by atoms with Crippen LogP contribution in [-0.4, -0.2) is 35.5 Å². The average Bonchev–Trinajstić information content (AvgIpc) is 2.46. The lowest BCUT2D eigenvalue weighted by Gasteiger charge is -2.26. The van der Waals surface area contributed by atoms with Gasteiger partial charge in [-0.1, -0.05) is 18.2 Å². The van der Waals surface area contributed by atoms with Crippen molar-refractivity contribution in [1.29, 1.82) is 0 Å². The third-order valence-electron chi connectivity index (χ3n) is 3.53. The van der Waals surface area contributed by atoms with E-state index in [2.05, 4.69) is 5.32 Å². The average molecular weight is 262 g/mol. The van der Waals surface area contributed by atoms with Crippen LogP contribution in [0.25, 0.3) is 0 Å². The number of aromatic hydroxyl groups is 1. The van der Waals surface area contributed by atoms with Crippen LogP contribution in [0.15, 0.2) is 24.3 Å². The van der Waals surface area contributed by atoms with Gasteiger partial charge >= 0.3 is 0 Å². The van der Waals surface area contributed by atoms with Crippen LogP contribution >= 0.6 is 0 Å². The van der Waals surface area contributed by atoms with Gasteiger partial charge in [0.25, 0.3) is 0 Å². The molecule has 1 heterocycles. The normalized spacial score (nSPS) is 15.5. The molecule has 2 rings (SSSR count).